The van der Waals surface area contributed by atoms with Gasteiger partial charge >= 0.3 is 7.12 Å². The summed E-state index contributed by atoms with van der Waals surface area (Å²) < 4.78 is 12.0. The summed E-state index contributed by atoms with van der Waals surface area (Å²) in [5.74, 6) is -0.155. The van der Waals surface area contributed by atoms with Gasteiger partial charge in [0.25, 0.3) is 5.91 Å². The third-order valence-electron chi connectivity index (χ3n) is 4.05. The maximum atomic E-state index is 12.0. The molecule has 1 amide bonds. The SMILES string of the molecule is CCNC(=O)c1cc(Cl)cc(B2OC(C)(C)C(C)(C)O2)c1. The first-order chi connectivity index (χ1) is 9.66. The van der Waals surface area contributed by atoms with Crippen LogP contribution >= 0.6 is 11.6 Å². The smallest absolute Gasteiger partial charge is 0.399 e. The molecule has 0 aliphatic carbocycles. The molecule has 0 bridgehead atoms. The van der Waals surface area contributed by atoms with Crippen LogP contribution in [0.25, 0.3) is 0 Å². The maximum absolute atomic E-state index is 12.0. The van der Waals surface area contributed by atoms with Crippen molar-refractivity contribution in [1.29, 1.82) is 0 Å². The molecule has 0 radical (unpaired) electrons. The summed E-state index contributed by atoms with van der Waals surface area (Å²) >= 11 is 6.12. The number of amides is 1. The predicted molar refractivity (Wildman–Crippen MR) is 85.2 cm³/mol. The Morgan fingerprint density at radius 3 is 2.29 bits per heavy atom. The van der Waals surface area contributed by atoms with Crippen LogP contribution in [0, 0.1) is 0 Å². The zero-order valence-electron chi connectivity index (χ0n) is 13.1. The van der Waals surface area contributed by atoms with Crippen LogP contribution in [-0.2, 0) is 9.31 Å². The summed E-state index contributed by atoms with van der Waals surface area (Å²) in [7, 11) is -0.526. The standard InChI is InChI=1S/C15H21BClNO3/c1-6-18-13(19)10-7-11(9-12(17)8-10)16-20-14(2,3)15(4,5)21-16/h7-9H,6H2,1-5H3,(H,18,19). The average Bonchev–Trinajstić information content (AvgIpc) is 2.58. The number of rotatable bonds is 3. The summed E-state index contributed by atoms with van der Waals surface area (Å²) in [4.78, 5) is 12.0. The van der Waals surface area contributed by atoms with Gasteiger partial charge in [-0.1, -0.05) is 11.6 Å². The second-order valence-electron chi connectivity index (χ2n) is 6.22. The summed E-state index contributed by atoms with van der Waals surface area (Å²) in [6.07, 6.45) is 0. The Hall–Kier alpha value is -1.04. The minimum absolute atomic E-state index is 0.155. The molecule has 1 aliphatic heterocycles. The quantitative estimate of drug-likeness (QED) is 0.872. The zero-order chi connectivity index (χ0) is 15.8. The zero-order valence-corrected chi connectivity index (χ0v) is 13.9. The van der Waals surface area contributed by atoms with Crippen LogP contribution in [0.2, 0.25) is 5.02 Å². The van der Waals surface area contributed by atoms with E-state index in [9.17, 15) is 4.79 Å². The van der Waals surface area contributed by atoms with Crippen molar-refractivity contribution in [2.45, 2.75) is 45.8 Å². The predicted octanol–water partition coefficient (Wildman–Crippen LogP) is 2.39. The molecule has 0 aromatic heterocycles. The number of carbonyl (C=O) groups excluding carboxylic acids is 1. The third kappa shape index (κ3) is 3.25. The minimum atomic E-state index is -0.526. The maximum Gasteiger partial charge on any atom is 0.494 e. The molecule has 1 aromatic carbocycles. The number of carbonyl (C=O) groups is 1. The van der Waals surface area contributed by atoms with E-state index in [-0.39, 0.29) is 5.91 Å². The van der Waals surface area contributed by atoms with Gasteiger partial charge in [-0.3, -0.25) is 4.79 Å². The fourth-order valence-corrected chi connectivity index (χ4v) is 2.36. The first kappa shape index (κ1) is 16.3. The lowest BCUT2D eigenvalue weighted by Crippen LogP contribution is -2.41. The molecule has 2 rings (SSSR count). The number of nitrogens with one attached hydrogen (secondary N) is 1. The average molecular weight is 310 g/mol. The number of hydrogen-bond acceptors (Lipinski definition) is 3. The van der Waals surface area contributed by atoms with Gasteiger partial charge in [-0.05, 0) is 58.3 Å². The van der Waals surface area contributed by atoms with E-state index >= 15 is 0 Å². The molecule has 0 unspecified atom stereocenters. The Morgan fingerprint density at radius 2 is 1.76 bits per heavy atom. The van der Waals surface area contributed by atoms with E-state index in [2.05, 4.69) is 5.32 Å². The summed E-state index contributed by atoms with van der Waals surface area (Å²) in [5.41, 5.74) is 0.411. The number of halogens is 1. The van der Waals surface area contributed by atoms with Gasteiger partial charge in [-0.25, -0.2) is 0 Å². The van der Waals surface area contributed by atoms with Crippen LogP contribution in [0.4, 0.5) is 0 Å². The second-order valence-corrected chi connectivity index (χ2v) is 6.66. The highest BCUT2D eigenvalue weighted by atomic mass is 35.5. The Balaban J connectivity index is 2.32. The van der Waals surface area contributed by atoms with Crippen molar-refractivity contribution in [3.63, 3.8) is 0 Å². The van der Waals surface area contributed by atoms with E-state index in [1.165, 1.54) is 0 Å². The monoisotopic (exact) mass is 309 g/mol. The van der Waals surface area contributed by atoms with Crippen LogP contribution in [0.15, 0.2) is 18.2 Å². The number of benzene rings is 1. The summed E-state index contributed by atoms with van der Waals surface area (Å²) in [5, 5.41) is 3.25. The highest BCUT2D eigenvalue weighted by Crippen LogP contribution is 2.36. The molecule has 1 aliphatic rings. The van der Waals surface area contributed by atoms with Gasteiger partial charge in [0.1, 0.15) is 0 Å². The van der Waals surface area contributed by atoms with Gasteiger partial charge in [0, 0.05) is 17.1 Å². The van der Waals surface area contributed by atoms with Crippen LogP contribution in [0.1, 0.15) is 45.0 Å². The second kappa shape index (κ2) is 5.63. The summed E-state index contributed by atoms with van der Waals surface area (Å²) in [6.45, 7) is 10.4. The van der Waals surface area contributed by atoms with E-state index in [4.69, 9.17) is 20.9 Å². The molecule has 1 N–H and O–H groups in total. The van der Waals surface area contributed by atoms with E-state index in [1.54, 1.807) is 18.2 Å². The largest absolute Gasteiger partial charge is 0.494 e. The van der Waals surface area contributed by atoms with E-state index < -0.39 is 18.3 Å². The van der Waals surface area contributed by atoms with Gasteiger partial charge in [0.15, 0.2) is 0 Å². The molecule has 21 heavy (non-hydrogen) atoms. The lowest BCUT2D eigenvalue weighted by atomic mass is 9.78. The molecule has 114 valence electrons. The molecule has 1 saturated heterocycles. The molecule has 1 aromatic rings. The van der Waals surface area contributed by atoms with Crippen molar-refractivity contribution < 1.29 is 14.1 Å². The van der Waals surface area contributed by atoms with Gasteiger partial charge in [0.2, 0.25) is 0 Å². The molecule has 0 atom stereocenters. The van der Waals surface area contributed by atoms with E-state index in [0.29, 0.717) is 17.1 Å². The molecular formula is C15H21BClNO3. The Bertz CT molecular complexity index is 544. The van der Waals surface area contributed by atoms with Gasteiger partial charge in [0.05, 0.1) is 11.2 Å². The first-order valence-corrected chi connectivity index (χ1v) is 7.48. The normalized spacial score (nSPS) is 19.6. The van der Waals surface area contributed by atoms with Gasteiger partial charge < -0.3 is 14.6 Å². The lowest BCUT2D eigenvalue weighted by molar-refractivity contribution is 0.00578. The van der Waals surface area contributed by atoms with Crippen molar-refractivity contribution >= 4 is 30.1 Å². The molecule has 6 heteroatoms. The fourth-order valence-electron chi connectivity index (χ4n) is 2.12. The van der Waals surface area contributed by atoms with Crippen molar-refractivity contribution in [3.8, 4) is 0 Å². The first-order valence-electron chi connectivity index (χ1n) is 7.10. The highest BCUT2D eigenvalue weighted by molar-refractivity contribution is 6.62. The minimum Gasteiger partial charge on any atom is -0.399 e. The Labute approximate surface area is 131 Å². The van der Waals surface area contributed by atoms with Crippen molar-refractivity contribution in [1.82, 2.24) is 5.32 Å². The molecule has 1 heterocycles. The van der Waals surface area contributed by atoms with Crippen molar-refractivity contribution in [2.75, 3.05) is 6.54 Å². The molecule has 1 fully saturated rings. The van der Waals surface area contributed by atoms with Crippen molar-refractivity contribution in [3.05, 3.63) is 28.8 Å². The molecule has 0 saturated carbocycles. The highest BCUT2D eigenvalue weighted by Gasteiger charge is 2.51. The Kier molecular flexibility index (Phi) is 4.38. The van der Waals surface area contributed by atoms with Crippen LogP contribution < -0.4 is 10.8 Å². The van der Waals surface area contributed by atoms with E-state index in [0.717, 1.165) is 5.46 Å². The van der Waals surface area contributed by atoms with Crippen LogP contribution in [-0.4, -0.2) is 30.8 Å². The number of hydrogen-bond donors (Lipinski definition) is 1. The van der Waals surface area contributed by atoms with Crippen LogP contribution in [0.3, 0.4) is 0 Å². The van der Waals surface area contributed by atoms with Gasteiger partial charge in [-0.15, -0.1) is 0 Å². The van der Waals surface area contributed by atoms with E-state index in [1.807, 2.05) is 34.6 Å². The van der Waals surface area contributed by atoms with Crippen LogP contribution in [0.5, 0.6) is 0 Å². The topological polar surface area (TPSA) is 47.6 Å². The summed E-state index contributed by atoms with van der Waals surface area (Å²) in [6, 6.07) is 5.17. The van der Waals surface area contributed by atoms with Crippen molar-refractivity contribution in [2.24, 2.45) is 0 Å². The molecule has 4 nitrogen and oxygen atoms in total. The molecular weight excluding hydrogens is 288 g/mol. The lowest BCUT2D eigenvalue weighted by Gasteiger charge is -2.32. The Morgan fingerprint density at radius 1 is 1.19 bits per heavy atom. The van der Waals surface area contributed by atoms with Gasteiger partial charge in [-0.2, -0.15) is 0 Å². The fraction of sp³-hybridized carbons (Fsp3) is 0.533. The third-order valence-corrected chi connectivity index (χ3v) is 4.26. The molecule has 0 spiro atoms.